The van der Waals surface area contributed by atoms with Gasteiger partial charge in [0.2, 0.25) is 5.13 Å². The molecule has 0 aliphatic rings. The van der Waals surface area contributed by atoms with Crippen molar-refractivity contribution in [1.29, 1.82) is 0 Å². The molecule has 0 saturated heterocycles. The van der Waals surface area contributed by atoms with E-state index in [1.54, 1.807) is 25.3 Å². The Morgan fingerprint density at radius 2 is 1.78 bits per heavy atom. The monoisotopic (exact) mass is 382 g/mol. The second kappa shape index (κ2) is 7.75. The summed E-state index contributed by atoms with van der Waals surface area (Å²) < 4.78 is 5.14. The number of hydrogen-bond donors (Lipinski definition) is 2. The van der Waals surface area contributed by atoms with Crippen molar-refractivity contribution in [3.63, 3.8) is 0 Å². The first kappa shape index (κ1) is 18.8. The van der Waals surface area contributed by atoms with Gasteiger partial charge in [-0.2, -0.15) is 0 Å². The first-order chi connectivity index (χ1) is 12.8. The Morgan fingerprint density at radius 1 is 1.04 bits per heavy atom. The first-order valence-corrected chi connectivity index (χ1v) is 9.33. The van der Waals surface area contributed by atoms with Crippen LogP contribution in [0.1, 0.15) is 26.3 Å². The summed E-state index contributed by atoms with van der Waals surface area (Å²) in [5, 5.41) is 14.9. The van der Waals surface area contributed by atoms with E-state index in [2.05, 4.69) is 53.7 Å². The van der Waals surface area contributed by atoms with E-state index in [0.717, 1.165) is 10.6 Å². The SMILES string of the molecule is COc1cccc(NC(=O)Nc2nnc(-c3ccc(C(C)(C)C)cc3)s2)c1. The second-order valence-corrected chi connectivity index (χ2v) is 8.03. The highest BCUT2D eigenvalue weighted by atomic mass is 32.1. The normalized spacial score (nSPS) is 11.1. The van der Waals surface area contributed by atoms with Crippen molar-refractivity contribution < 1.29 is 9.53 Å². The number of rotatable bonds is 4. The molecule has 0 bridgehead atoms. The van der Waals surface area contributed by atoms with Crippen molar-refractivity contribution in [3.05, 3.63) is 54.1 Å². The molecular weight excluding hydrogens is 360 g/mol. The molecule has 27 heavy (non-hydrogen) atoms. The van der Waals surface area contributed by atoms with Crippen LogP contribution < -0.4 is 15.4 Å². The highest BCUT2D eigenvalue weighted by Crippen LogP contribution is 2.29. The third-order valence-electron chi connectivity index (χ3n) is 3.97. The van der Waals surface area contributed by atoms with Crippen molar-refractivity contribution in [1.82, 2.24) is 10.2 Å². The quantitative estimate of drug-likeness (QED) is 0.654. The molecule has 0 aliphatic heterocycles. The van der Waals surface area contributed by atoms with E-state index in [4.69, 9.17) is 4.74 Å². The van der Waals surface area contributed by atoms with Gasteiger partial charge in [0.15, 0.2) is 0 Å². The van der Waals surface area contributed by atoms with Crippen molar-refractivity contribution >= 4 is 28.2 Å². The van der Waals surface area contributed by atoms with Gasteiger partial charge in [-0.05, 0) is 23.1 Å². The minimum Gasteiger partial charge on any atom is -0.497 e. The fraction of sp³-hybridized carbons (Fsp3) is 0.250. The number of nitrogens with zero attached hydrogens (tertiary/aromatic N) is 2. The number of methoxy groups -OCH3 is 1. The van der Waals surface area contributed by atoms with E-state index >= 15 is 0 Å². The van der Waals surface area contributed by atoms with Crippen LogP contribution in [-0.2, 0) is 5.41 Å². The molecule has 0 unspecified atom stereocenters. The van der Waals surface area contributed by atoms with Crippen molar-refractivity contribution in [2.24, 2.45) is 0 Å². The van der Waals surface area contributed by atoms with Crippen LogP contribution in [0, 0.1) is 0 Å². The minimum atomic E-state index is -0.381. The van der Waals surface area contributed by atoms with E-state index in [1.807, 2.05) is 18.2 Å². The zero-order valence-electron chi connectivity index (χ0n) is 15.7. The van der Waals surface area contributed by atoms with Gasteiger partial charge >= 0.3 is 6.03 Å². The molecule has 2 aromatic carbocycles. The number of ether oxygens (including phenoxy) is 1. The summed E-state index contributed by atoms with van der Waals surface area (Å²) in [5.41, 5.74) is 2.97. The summed E-state index contributed by atoms with van der Waals surface area (Å²) in [6.45, 7) is 6.53. The van der Waals surface area contributed by atoms with Gasteiger partial charge in [-0.15, -0.1) is 10.2 Å². The third-order valence-corrected chi connectivity index (χ3v) is 4.86. The Labute approximate surface area is 162 Å². The maximum absolute atomic E-state index is 12.2. The summed E-state index contributed by atoms with van der Waals surface area (Å²) in [6, 6.07) is 15.0. The van der Waals surface area contributed by atoms with Gasteiger partial charge in [-0.1, -0.05) is 62.4 Å². The van der Waals surface area contributed by atoms with E-state index in [0.29, 0.717) is 16.6 Å². The number of nitrogens with one attached hydrogen (secondary N) is 2. The summed E-state index contributed by atoms with van der Waals surface area (Å²) in [4.78, 5) is 12.2. The molecule has 3 aromatic rings. The summed E-state index contributed by atoms with van der Waals surface area (Å²) in [5.74, 6) is 0.671. The zero-order chi connectivity index (χ0) is 19.4. The molecule has 2 N–H and O–H groups in total. The summed E-state index contributed by atoms with van der Waals surface area (Å²) in [6.07, 6.45) is 0. The van der Waals surface area contributed by atoms with E-state index < -0.39 is 0 Å². The highest BCUT2D eigenvalue weighted by molar-refractivity contribution is 7.18. The molecule has 7 heteroatoms. The summed E-state index contributed by atoms with van der Waals surface area (Å²) in [7, 11) is 1.58. The number of carbonyl (C=O) groups is 1. The molecular formula is C20H22N4O2S. The third kappa shape index (κ3) is 4.83. The van der Waals surface area contributed by atoms with Gasteiger partial charge in [0.05, 0.1) is 7.11 Å². The lowest BCUT2D eigenvalue weighted by molar-refractivity contribution is 0.262. The molecule has 0 radical (unpaired) electrons. The fourth-order valence-electron chi connectivity index (χ4n) is 2.46. The lowest BCUT2D eigenvalue weighted by atomic mass is 9.87. The van der Waals surface area contributed by atoms with Crippen LogP contribution in [-0.4, -0.2) is 23.3 Å². The predicted molar refractivity (Wildman–Crippen MR) is 110 cm³/mol. The topological polar surface area (TPSA) is 76.1 Å². The van der Waals surface area contributed by atoms with Crippen molar-refractivity contribution in [2.75, 3.05) is 17.7 Å². The molecule has 0 aliphatic carbocycles. The number of anilines is 2. The number of carbonyl (C=O) groups excluding carboxylic acids is 1. The van der Waals surface area contributed by atoms with Crippen molar-refractivity contribution in [2.45, 2.75) is 26.2 Å². The lowest BCUT2D eigenvalue weighted by Crippen LogP contribution is -2.19. The Bertz CT molecular complexity index is 930. The largest absolute Gasteiger partial charge is 0.497 e. The van der Waals surface area contributed by atoms with Crippen molar-refractivity contribution in [3.8, 4) is 16.3 Å². The molecule has 0 fully saturated rings. The molecule has 1 aromatic heterocycles. The predicted octanol–water partition coefficient (Wildman–Crippen LogP) is 5.16. The lowest BCUT2D eigenvalue weighted by Gasteiger charge is -2.18. The van der Waals surface area contributed by atoms with E-state index in [1.165, 1.54) is 16.9 Å². The van der Waals surface area contributed by atoms with Crippen LogP contribution in [0.3, 0.4) is 0 Å². The van der Waals surface area contributed by atoms with Gasteiger partial charge in [-0.25, -0.2) is 4.79 Å². The van der Waals surface area contributed by atoms with Crippen LogP contribution >= 0.6 is 11.3 Å². The number of benzene rings is 2. The van der Waals surface area contributed by atoms with Gasteiger partial charge in [-0.3, -0.25) is 5.32 Å². The van der Waals surface area contributed by atoms with E-state index in [-0.39, 0.29) is 11.4 Å². The minimum absolute atomic E-state index is 0.102. The fourth-order valence-corrected chi connectivity index (χ4v) is 3.21. The van der Waals surface area contributed by atoms with Crippen LogP contribution in [0.2, 0.25) is 0 Å². The first-order valence-electron chi connectivity index (χ1n) is 8.51. The maximum atomic E-state index is 12.2. The number of hydrogen-bond acceptors (Lipinski definition) is 5. The maximum Gasteiger partial charge on any atom is 0.325 e. The molecule has 140 valence electrons. The Kier molecular flexibility index (Phi) is 5.41. The average molecular weight is 382 g/mol. The van der Waals surface area contributed by atoms with Gasteiger partial charge < -0.3 is 10.1 Å². The number of amides is 2. The Balaban J connectivity index is 1.66. The summed E-state index contributed by atoms with van der Waals surface area (Å²) >= 11 is 1.33. The molecule has 0 atom stereocenters. The van der Waals surface area contributed by atoms with Crippen LogP contribution in [0.4, 0.5) is 15.6 Å². The molecule has 2 amide bonds. The zero-order valence-corrected chi connectivity index (χ0v) is 16.6. The Morgan fingerprint density at radius 3 is 2.44 bits per heavy atom. The smallest absolute Gasteiger partial charge is 0.325 e. The molecule has 0 saturated carbocycles. The van der Waals surface area contributed by atoms with Crippen LogP contribution in [0.5, 0.6) is 5.75 Å². The highest BCUT2D eigenvalue weighted by Gasteiger charge is 2.14. The van der Waals surface area contributed by atoms with Crippen LogP contribution in [0.15, 0.2) is 48.5 Å². The number of aromatic nitrogens is 2. The van der Waals surface area contributed by atoms with Gasteiger partial charge in [0.25, 0.3) is 0 Å². The second-order valence-electron chi connectivity index (χ2n) is 7.05. The number of urea groups is 1. The average Bonchev–Trinajstić information content (AvgIpc) is 3.09. The molecule has 0 spiro atoms. The standard InChI is InChI=1S/C20H22N4O2S/c1-20(2,3)14-10-8-13(9-11-14)17-23-24-19(27-17)22-18(25)21-15-6-5-7-16(12-15)26-4/h5-12H,1-4H3,(H2,21,22,24,25). The molecule has 6 nitrogen and oxygen atoms in total. The van der Waals surface area contributed by atoms with E-state index in [9.17, 15) is 4.79 Å². The van der Waals surface area contributed by atoms with Crippen LogP contribution in [0.25, 0.3) is 10.6 Å². The Hall–Kier alpha value is -2.93. The van der Waals surface area contributed by atoms with Gasteiger partial charge in [0.1, 0.15) is 10.8 Å². The van der Waals surface area contributed by atoms with Gasteiger partial charge in [0, 0.05) is 17.3 Å². The molecule has 1 heterocycles. The molecule has 3 rings (SSSR count).